The van der Waals surface area contributed by atoms with Crippen LogP contribution >= 0.6 is 0 Å². The number of carbonyl (C=O) groups is 1. The van der Waals surface area contributed by atoms with Gasteiger partial charge in [0.05, 0.1) is 19.3 Å². The maximum absolute atomic E-state index is 13.0. The van der Waals surface area contributed by atoms with Gasteiger partial charge < -0.3 is 9.64 Å². The Morgan fingerprint density at radius 3 is 2.59 bits per heavy atom. The lowest BCUT2D eigenvalue weighted by molar-refractivity contribution is -0.142. The number of halogens is 1. The summed E-state index contributed by atoms with van der Waals surface area (Å²) in [5.41, 5.74) is 1.06. The smallest absolute Gasteiger partial charge is 0.240 e. The van der Waals surface area contributed by atoms with E-state index in [4.69, 9.17) is 4.74 Å². The van der Waals surface area contributed by atoms with Gasteiger partial charge in [-0.1, -0.05) is 18.6 Å². The second-order valence-corrected chi connectivity index (χ2v) is 6.05. The van der Waals surface area contributed by atoms with Crippen molar-refractivity contribution in [3.05, 3.63) is 35.6 Å². The molecule has 0 bridgehead atoms. The second-order valence-electron chi connectivity index (χ2n) is 6.05. The van der Waals surface area contributed by atoms with Crippen LogP contribution in [0.15, 0.2) is 24.3 Å². The van der Waals surface area contributed by atoms with Gasteiger partial charge in [0, 0.05) is 19.6 Å². The van der Waals surface area contributed by atoms with Crippen LogP contribution in [0.1, 0.15) is 24.8 Å². The molecule has 2 saturated heterocycles. The quantitative estimate of drug-likeness (QED) is 0.857. The molecular formula is C17H23FN2O2. The number of carbonyl (C=O) groups excluding carboxylic acids is 1. The van der Waals surface area contributed by atoms with E-state index in [1.54, 1.807) is 12.1 Å². The van der Waals surface area contributed by atoms with Gasteiger partial charge in [-0.3, -0.25) is 9.69 Å². The molecule has 1 aromatic rings. The molecule has 22 heavy (non-hydrogen) atoms. The Kier molecular flexibility index (Phi) is 5.05. The van der Waals surface area contributed by atoms with E-state index in [1.165, 1.54) is 12.1 Å². The van der Waals surface area contributed by atoms with E-state index in [2.05, 4.69) is 4.90 Å². The van der Waals surface area contributed by atoms with Crippen LogP contribution in [0, 0.1) is 5.82 Å². The van der Waals surface area contributed by atoms with Crippen LogP contribution in [0.2, 0.25) is 0 Å². The van der Waals surface area contributed by atoms with E-state index in [9.17, 15) is 9.18 Å². The lowest BCUT2D eigenvalue weighted by atomic mass is 9.99. The number of rotatable bonds is 3. The van der Waals surface area contributed by atoms with Crippen LogP contribution in [0.4, 0.5) is 4.39 Å². The predicted octanol–water partition coefficient (Wildman–Crippen LogP) is 2.04. The molecular weight excluding hydrogens is 283 g/mol. The number of nitrogens with zero attached hydrogens (tertiary/aromatic N) is 2. The number of hydrogen-bond donors (Lipinski definition) is 0. The van der Waals surface area contributed by atoms with Crippen LogP contribution in [0.5, 0.6) is 0 Å². The molecule has 2 aliphatic heterocycles. The van der Waals surface area contributed by atoms with E-state index in [-0.39, 0.29) is 17.8 Å². The summed E-state index contributed by atoms with van der Waals surface area (Å²) >= 11 is 0. The topological polar surface area (TPSA) is 32.8 Å². The van der Waals surface area contributed by atoms with Crippen LogP contribution in [-0.2, 0) is 16.1 Å². The molecule has 120 valence electrons. The number of ether oxygens (including phenoxy) is 1. The Morgan fingerprint density at radius 2 is 1.86 bits per heavy atom. The van der Waals surface area contributed by atoms with Crippen molar-refractivity contribution in [1.82, 2.24) is 9.80 Å². The van der Waals surface area contributed by atoms with Crippen LogP contribution in [0.3, 0.4) is 0 Å². The first-order chi connectivity index (χ1) is 10.7. The average molecular weight is 306 g/mol. The lowest BCUT2D eigenvalue weighted by Gasteiger charge is -2.38. The maximum atomic E-state index is 13.0. The summed E-state index contributed by atoms with van der Waals surface area (Å²) in [7, 11) is 0. The molecule has 0 aliphatic carbocycles. The molecule has 0 aromatic heterocycles. The Bertz CT molecular complexity index is 500. The number of morpholine rings is 1. The number of piperidine rings is 1. The van der Waals surface area contributed by atoms with E-state index in [0.717, 1.165) is 31.4 Å². The molecule has 0 saturated carbocycles. The third-order valence-electron chi connectivity index (χ3n) is 4.52. The summed E-state index contributed by atoms with van der Waals surface area (Å²) in [5.74, 6) is 0.00782. The minimum atomic E-state index is -0.219. The normalized spacial score (nSPS) is 23.5. The predicted molar refractivity (Wildman–Crippen MR) is 81.8 cm³/mol. The summed E-state index contributed by atoms with van der Waals surface area (Å²) < 4.78 is 18.4. The van der Waals surface area contributed by atoms with Crippen molar-refractivity contribution >= 4 is 5.91 Å². The molecule has 2 aliphatic rings. The lowest BCUT2D eigenvalue weighted by Crippen LogP contribution is -2.53. The summed E-state index contributed by atoms with van der Waals surface area (Å²) in [6, 6.07) is 6.54. The Morgan fingerprint density at radius 1 is 1.14 bits per heavy atom. The van der Waals surface area contributed by atoms with Gasteiger partial charge in [0.2, 0.25) is 5.91 Å². The second kappa shape index (κ2) is 7.20. The molecule has 1 amide bonds. The molecule has 0 unspecified atom stereocenters. The number of amides is 1. The summed E-state index contributed by atoms with van der Waals surface area (Å²) in [6.45, 7) is 4.30. The van der Waals surface area contributed by atoms with Crippen molar-refractivity contribution in [1.29, 1.82) is 0 Å². The summed E-state index contributed by atoms with van der Waals surface area (Å²) in [5, 5.41) is 0. The largest absolute Gasteiger partial charge is 0.378 e. The van der Waals surface area contributed by atoms with E-state index >= 15 is 0 Å². The Labute approximate surface area is 130 Å². The molecule has 4 nitrogen and oxygen atoms in total. The van der Waals surface area contributed by atoms with E-state index < -0.39 is 0 Å². The fourth-order valence-electron chi connectivity index (χ4n) is 3.28. The zero-order valence-corrected chi connectivity index (χ0v) is 12.8. The SMILES string of the molecule is O=C([C@H]1CCCCN1Cc1ccc(F)cc1)N1CCOCC1. The number of likely N-dealkylation sites (tertiary alicyclic amines) is 1. The zero-order chi connectivity index (χ0) is 15.4. The molecule has 2 fully saturated rings. The van der Waals surface area contributed by atoms with Gasteiger partial charge in [0.1, 0.15) is 5.82 Å². The first kappa shape index (κ1) is 15.4. The molecule has 1 atom stereocenters. The van der Waals surface area contributed by atoms with Gasteiger partial charge in [-0.2, -0.15) is 0 Å². The van der Waals surface area contributed by atoms with Crippen LogP contribution in [0.25, 0.3) is 0 Å². The molecule has 0 spiro atoms. The van der Waals surface area contributed by atoms with E-state index in [0.29, 0.717) is 32.8 Å². The average Bonchev–Trinajstić information content (AvgIpc) is 2.58. The first-order valence-corrected chi connectivity index (χ1v) is 8.09. The van der Waals surface area contributed by atoms with Gasteiger partial charge in [-0.25, -0.2) is 4.39 Å². The third kappa shape index (κ3) is 3.65. The van der Waals surface area contributed by atoms with E-state index in [1.807, 2.05) is 4.90 Å². The maximum Gasteiger partial charge on any atom is 0.240 e. The first-order valence-electron chi connectivity index (χ1n) is 8.09. The standard InChI is InChI=1S/C17H23FN2O2/c18-15-6-4-14(5-7-15)13-20-8-2-1-3-16(20)17(21)19-9-11-22-12-10-19/h4-7,16H,1-3,8-13H2/t16-/m1/s1. The number of benzene rings is 1. The van der Waals surface area contributed by atoms with Crippen molar-refractivity contribution in [3.63, 3.8) is 0 Å². The van der Waals surface area contributed by atoms with Crippen molar-refractivity contribution < 1.29 is 13.9 Å². The van der Waals surface area contributed by atoms with Gasteiger partial charge in [-0.15, -0.1) is 0 Å². The van der Waals surface area contributed by atoms with Gasteiger partial charge in [0.25, 0.3) is 0 Å². The minimum absolute atomic E-state index is 0.0445. The monoisotopic (exact) mass is 306 g/mol. The fraction of sp³-hybridized carbons (Fsp3) is 0.588. The fourth-order valence-corrected chi connectivity index (χ4v) is 3.28. The van der Waals surface area contributed by atoms with Crippen molar-refractivity contribution in [3.8, 4) is 0 Å². The summed E-state index contributed by atoms with van der Waals surface area (Å²) in [4.78, 5) is 16.9. The highest BCUT2D eigenvalue weighted by molar-refractivity contribution is 5.82. The summed E-state index contributed by atoms with van der Waals surface area (Å²) in [6.07, 6.45) is 3.13. The van der Waals surface area contributed by atoms with Gasteiger partial charge in [0.15, 0.2) is 0 Å². The Balaban J connectivity index is 1.67. The van der Waals surface area contributed by atoms with Crippen molar-refractivity contribution in [2.75, 3.05) is 32.8 Å². The molecule has 1 aromatic carbocycles. The molecule has 2 heterocycles. The third-order valence-corrected chi connectivity index (χ3v) is 4.52. The highest BCUT2D eigenvalue weighted by Gasteiger charge is 2.32. The molecule has 0 N–H and O–H groups in total. The van der Waals surface area contributed by atoms with Crippen molar-refractivity contribution in [2.24, 2.45) is 0 Å². The van der Waals surface area contributed by atoms with Gasteiger partial charge in [-0.05, 0) is 37.1 Å². The minimum Gasteiger partial charge on any atom is -0.378 e. The Hall–Kier alpha value is -1.46. The zero-order valence-electron chi connectivity index (χ0n) is 12.8. The molecule has 3 rings (SSSR count). The highest BCUT2D eigenvalue weighted by atomic mass is 19.1. The highest BCUT2D eigenvalue weighted by Crippen LogP contribution is 2.22. The van der Waals surface area contributed by atoms with Gasteiger partial charge >= 0.3 is 0 Å². The van der Waals surface area contributed by atoms with Crippen molar-refractivity contribution in [2.45, 2.75) is 31.8 Å². The number of hydrogen-bond acceptors (Lipinski definition) is 3. The van der Waals surface area contributed by atoms with Crippen LogP contribution < -0.4 is 0 Å². The van der Waals surface area contributed by atoms with Crippen LogP contribution in [-0.4, -0.2) is 54.6 Å². The molecule has 5 heteroatoms. The molecule has 0 radical (unpaired) electrons.